The summed E-state index contributed by atoms with van der Waals surface area (Å²) in [6.07, 6.45) is 14.0. The van der Waals surface area contributed by atoms with Gasteiger partial charge >= 0.3 is 5.97 Å². The lowest BCUT2D eigenvalue weighted by Crippen LogP contribution is -2.61. The Morgan fingerprint density at radius 2 is 1.24 bits per heavy atom. The van der Waals surface area contributed by atoms with Gasteiger partial charge < -0.3 is 4.74 Å². The number of hydrogen-bond donors (Lipinski definition) is 0. The zero-order chi connectivity index (χ0) is 15.1. The average molecular weight is 290 g/mol. The first kappa shape index (κ1) is 15.1. The second kappa shape index (κ2) is 5.14. The van der Waals surface area contributed by atoms with Crippen molar-refractivity contribution in [3.8, 4) is 0 Å². The van der Waals surface area contributed by atoms with Crippen LogP contribution in [-0.4, -0.2) is 11.6 Å². The lowest BCUT2D eigenvalue weighted by atomic mass is 9.50. The van der Waals surface area contributed by atoms with Crippen molar-refractivity contribution in [2.24, 2.45) is 10.8 Å². The number of ether oxygens (including phenoxy) is 1. The van der Waals surface area contributed by atoms with Crippen molar-refractivity contribution in [3.63, 3.8) is 0 Å². The second-order valence-electron chi connectivity index (χ2n) is 8.03. The molecular formula is C19H30O2. The molecule has 3 rings (SSSR count). The molecule has 118 valence electrons. The maximum absolute atomic E-state index is 12.4. The molecule has 0 aromatic carbocycles. The summed E-state index contributed by atoms with van der Waals surface area (Å²) in [5.74, 6) is -0.169. The Morgan fingerprint density at radius 3 is 1.62 bits per heavy atom. The molecule has 2 nitrogen and oxygen atoms in total. The van der Waals surface area contributed by atoms with Crippen LogP contribution in [0.25, 0.3) is 0 Å². The predicted molar refractivity (Wildman–Crippen MR) is 85.0 cm³/mol. The predicted octanol–water partition coefficient (Wildman–Crippen LogP) is 5.17. The standard InChI is InChI=1S/C19H30O2/c1-15(2)16(20)21-17(3)18(9-4-5-10-18)13-8-14-19(17)11-6-7-12-19/h1,4-14H2,2-3H3. The molecule has 2 spiro atoms. The minimum absolute atomic E-state index is 0.169. The van der Waals surface area contributed by atoms with Gasteiger partial charge in [0.15, 0.2) is 0 Å². The molecule has 0 heterocycles. The van der Waals surface area contributed by atoms with E-state index < -0.39 is 0 Å². The molecule has 0 amide bonds. The highest BCUT2D eigenvalue weighted by Crippen LogP contribution is 2.67. The van der Waals surface area contributed by atoms with E-state index in [1.165, 1.54) is 70.6 Å². The Morgan fingerprint density at radius 1 is 0.857 bits per heavy atom. The van der Waals surface area contributed by atoms with Gasteiger partial charge in [-0.3, -0.25) is 0 Å². The van der Waals surface area contributed by atoms with Gasteiger partial charge in [-0.25, -0.2) is 4.79 Å². The first-order chi connectivity index (χ1) is 9.95. The van der Waals surface area contributed by atoms with E-state index in [0.717, 1.165) is 0 Å². The average Bonchev–Trinajstić information content (AvgIpc) is 3.08. The Kier molecular flexibility index (Phi) is 3.70. The smallest absolute Gasteiger partial charge is 0.333 e. The molecule has 0 radical (unpaired) electrons. The SMILES string of the molecule is C=C(C)C(=O)OC1(C)C2(CCCC2)CCCC12CCCC2. The first-order valence-electron chi connectivity index (χ1n) is 8.84. The molecule has 3 saturated carbocycles. The van der Waals surface area contributed by atoms with Crippen molar-refractivity contribution in [2.75, 3.05) is 0 Å². The van der Waals surface area contributed by atoms with Gasteiger partial charge in [0.1, 0.15) is 5.60 Å². The Balaban J connectivity index is 2.01. The number of esters is 1. The molecule has 0 saturated heterocycles. The Hall–Kier alpha value is -0.790. The lowest BCUT2D eigenvalue weighted by molar-refractivity contribution is -0.218. The molecule has 0 aromatic rings. The molecule has 3 fully saturated rings. The summed E-state index contributed by atoms with van der Waals surface area (Å²) in [5.41, 5.74) is 0.742. The number of carbonyl (C=O) groups excluding carboxylic acids is 1. The van der Waals surface area contributed by atoms with Crippen LogP contribution >= 0.6 is 0 Å². The highest BCUT2D eigenvalue weighted by molar-refractivity contribution is 5.87. The summed E-state index contributed by atoms with van der Waals surface area (Å²) in [6, 6.07) is 0. The van der Waals surface area contributed by atoms with Crippen LogP contribution in [0.15, 0.2) is 12.2 Å². The van der Waals surface area contributed by atoms with E-state index in [4.69, 9.17) is 4.74 Å². The summed E-state index contributed by atoms with van der Waals surface area (Å²) >= 11 is 0. The van der Waals surface area contributed by atoms with E-state index >= 15 is 0 Å². The third kappa shape index (κ3) is 2.09. The Bertz CT molecular complexity index is 412. The largest absolute Gasteiger partial charge is 0.455 e. The third-order valence-corrected chi connectivity index (χ3v) is 7.10. The zero-order valence-corrected chi connectivity index (χ0v) is 13.8. The molecule has 0 N–H and O–H groups in total. The third-order valence-electron chi connectivity index (χ3n) is 7.10. The van der Waals surface area contributed by atoms with Gasteiger partial charge in [-0.15, -0.1) is 0 Å². The molecule has 3 aliphatic rings. The molecule has 2 heteroatoms. The quantitative estimate of drug-likeness (QED) is 0.518. The van der Waals surface area contributed by atoms with Crippen molar-refractivity contribution in [1.82, 2.24) is 0 Å². The van der Waals surface area contributed by atoms with Gasteiger partial charge in [0.05, 0.1) is 0 Å². The minimum Gasteiger partial charge on any atom is -0.455 e. The van der Waals surface area contributed by atoms with Crippen LogP contribution in [0, 0.1) is 10.8 Å². The van der Waals surface area contributed by atoms with Gasteiger partial charge in [0.25, 0.3) is 0 Å². The number of carbonyl (C=O) groups is 1. The van der Waals surface area contributed by atoms with Gasteiger partial charge in [-0.1, -0.05) is 38.7 Å². The molecule has 3 aliphatic carbocycles. The highest BCUT2D eigenvalue weighted by atomic mass is 16.6. The molecule has 21 heavy (non-hydrogen) atoms. The van der Waals surface area contributed by atoms with Crippen LogP contribution in [0.3, 0.4) is 0 Å². The van der Waals surface area contributed by atoms with Crippen molar-refractivity contribution >= 4 is 5.97 Å². The van der Waals surface area contributed by atoms with E-state index in [1.54, 1.807) is 6.92 Å². The first-order valence-corrected chi connectivity index (χ1v) is 8.84. The molecule has 0 aliphatic heterocycles. The van der Waals surface area contributed by atoms with Crippen molar-refractivity contribution in [1.29, 1.82) is 0 Å². The van der Waals surface area contributed by atoms with Gasteiger partial charge in [0.2, 0.25) is 0 Å². The molecule has 0 bridgehead atoms. The fourth-order valence-electron chi connectivity index (χ4n) is 5.85. The zero-order valence-electron chi connectivity index (χ0n) is 13.8. The van der Waals surface area contributed by atoms with Crippen molar-refractivity contribution < 1.29 is 9.53 Å². The van der Waals surface area contributed by atoms with Gasteiger partial charge in [0, 0.05) is 16.4 Å². The van der Waals surface area contributed by atoms with E-state index in [-0.39, 0.29) is 22.4 Å². The summed E-state index contributed by atoms with van der Waals surface area (Å²) in [4.78, 5) is 12.4. The van der Waals surface area contributed by atoms with E-state index in [2.05, 4.69) is 13.5 Å². The summed E-state index contributed by atoms with van der Waals surface area (Å²) in [7, 11) is 0. The van der Waals surface area contributed by atoms with Crippen LogP contribution in [0.4, 0.5) is 0 Å². The van der Waals surface area contributed by atoms with Crippen LogP contribution < -0.4 is 0 Å². The van der Waals surface area contributed by atoms with Crippen molar-refractivity contribution in [3.05, 3.63) is 12.2 Å². The number of hydrogen-bond acceptors (Lipinski definition) is 2. The maximum Gasteiger partial charge on any atom is 0.333 e. The van der Waals surface area contributed by atoms with E-state index in [1.807, 2.05) is 0 Å². The van der Waals surface area contributed by atoms with Gasteiger partial charge in [-0.2, -0.15) is 0 Å². The number of rotatable bonds is 2. The molecule has 0 aromatic heterocycles. The van der Waals surface area contributed by atoms with Crippen LogP contribution in [0.2, 0.25) is 0 Å². The summed E-state index contributed by atoms with van der Waals surface area (Å²) in [5, 5.41) is 0. The molecule has 0 atom stereocenters. The minimum atomic E-state index is -0.277. The van der Waals surface area contributed by atoms with Crippen LogP contribution in [0.5, 0.6) is 0 Å². The van der Waals surface area contributed by atoms with Crippen LogP contribution in [0.1, 0.15) is 84.5 Å². The van der Waals surface area contributed by atoms with Gasteiger partial charge in [-0.05, 0) is 52.4 Å². The maximum atomic E-state index is 12.4. The summed E-state index contributed by atoms with van der Waals surface area (Å²) in [6.45, 7) is 7.86. The second-order valence-corrected chi connectivity index (χ2v) is 8.03. The fraction of sp³-hybridized carbons (Fsp3) is 0.842. The Labute approximate surface area is 129 Å². The van der Waals surface area contributed by atoms with E-state index in [9.17, 15) is 4.79 Å². The fourth-order valence-corrected chi connectivity index (χ4v) is 5.85. The highest BCUT2D eigenvalue weighted by Gasteiger charge is 2.65. The normalized spacial score (nSPS) is 28.9. The monoisotopic (exact) mass is 290 g/mol. The summed E-state index contributed by atoms with van der Waals surface area (Å²) < 4.78 is 6.28. The van der Waals surface area contributed by atoms with Crippen LogP contribution in [-0.2, 0) is 9.53 Å². The topological polar surface area (TPSA) is 26.3 Å². The molecule has 0 unspecified atom stereocenters. The molecular weight excluding hydrogens is 260 g/mol. The van der Waals surface area contributed by atoms with Crippen molar-refractivity contribution in [2.45, 2.75) is 90.1 Å². The lowest BCUT2D eigenvalue weighted by Gasteiger charge is -2.59. The van der Waals surface area contributed by atoms with E-state index in [0.29, 0.717) is 5.57 Å².